The van der Waals surface area contributed by atoms with E-state index < -0.39 is 0 Å². The van der Waals surface area contributed by atoms with Crippen LogP contribution < -0.4 is 5.32 Å². The maximum absolute atomic E-state index is 5.04. The van der Waals surface area contributed by atoms with Crippen molar-refractivity contribution >= 4 is 27.5 Å². The van der Waals surface area contributed by atoms with E-state index in [1.165, 1.54) is 21.2 Å². The lowest BCUT2D eigenvalue weighted by Gasteiger charge is -2.06. The summed E-state index contributed by atoms with van der Waals surface area (Å²) < 4.78 is 6.40. The molecule has 0 unspecified atom stereocenters. The number of hydrogen-bond donors (Lipinski definition) is 1. The molecular formula is C16H21NOS. The standard InChI is InChI=1S/C16H21NOS/c1-3-13(11-17-8-9-18-2)10-14-12-19-16-7-5-4-6-15(14)16/h4-7,10,12,17H,3,8-9,11H2,1-2H3. The minimum atomic E-state index is 0.762. The fourth-order valence-electron chi connectivity index (χ4n) is 2.03. The highest BCUT2D eigenvalue weighted by atomic mass is 32.1. The van der Waals surface area contributed by atoms with Crippen LogP contribution in [-0.2, 0) is 4.74 Å². The SMILES string of the molecule is CCC(=Cc1csc2ccccc12)CNCCOC. The zero-order chi connectivity index (χ0) is 13.5. The molecule has 19 heavy (non-hydrogen) atoms. The maximum atomic E-state index is 5.04. The lowest BCUT2D eigenvalue weighted by Crippen LogP contribution is -2.21. The minimum Gasteiger partial charge on any atom is -0.383 e. The van der Waals surface area contributed by atoms with Gasteiger partial charge in [0.25, 0.3) is 0 Å². The first-order valence-corrected chi connectivity index (χ1v) is 7.58. The number of hydrogen-bond acceptors (Lipinski definition) is 3. The van der Waals surface area contributed by atoms with Crippen LogP contribution in [0.2, 0.25) is 0 Å². The predicted octanol–water partition coefficient (Wildman–Crippen LogP) is 3.93. The summed E-state index contributed by atoms with van der Waals surface area (Å²) in [5.41, 5.74) is 2.77. The van der Waals surface area contributed by atoms with Crippen LogP contribution >= 0.6 is 11.3 Å². The molecule has 0 spiro atoms. The molecule has 2 rings (SSSR count). The molecule has 0 bridgehead atoms. The summed E-state index contributed by atoms with van der Waals surface area (Å²) in [7, 11) is 1.73. The molecule has 0 radical (unpaired) electrons. The van der Waals surface area contributed by atoms with Gasteiger partial charge in [0, 0.05) is 24.9 Å². The van der Waals surface area contributed by atoms with Gasteiger partial charge in [-0.15, -0.1) is 11.3 Å². The van der Waals surface area contributed by atoms with Crippen molar-refractivity contribution < 1.29 is 4.74 Å². The molecule has 0 aliphatic heterocycles. The molecule has 0 aliphatic rings. The Morgan fingerprint density at radius 2 is 2.21 bits per heavy atom. The highest BCUT2D eigenvalue weighted by Gasteiger charge is 2.02. The molecule has 0 fully saturated rings. The Labute approximate surface area is 119 Å². The van der Waals surface area contributed by atoms with E-state index in [1.807, 2.05) is 11.3 Å². The first kappa shape index (κ1) is 14.3. The second kappa shape index (κ2) is 7.43. The van der Waals surface area contributed by atoms with Crippen molar-refractivity contribution in [1.29, 1.82) is 0 Å². The fourth-order valence-corrected chi connectivity index (χ4v) is 2.95. The van der Waals surface area contributed by atoms with Gasteiger partial charge in [-0.05, 0) is 28.8 Å². The molecule has 1 aromatic carbocycles. The smallest absolute Gasteiger partial charge is 0.0587 e. The molecule has 1 aromatic heterocycles. The van der Waals surface area contributed by atoms with Gasteiger partial charge in [0.05, 0.1) is 6.61 Å². The third kappa shape index (κ3) is 3.90. The van der Waals surface area contributed by atoms with Crippen molar-refractivity contribution in [3.05, 3.63) is 40.8 Å². The van der Waals surface area contributed by atoms with Gasteiger partial charge in [-0.2, -0.15) is 0 Å². The number of benzene rings is 1. The average Bonchev–Trinajstić information content (AvgIpc) is 2.85. The van der Waals surface area contributed by atoms with Gasteiger partial charge in [0.2, 0.25) is 0 Å². The highest BCUT2D eigenvalue weighted by Crippen LogP contribution is 2.27. The van der Waals surface area contributed by atoms with Crippen LogP contribution in [0.1, 0.15) is 18.9 Å². The molecule has 2 nitrogen and oxygen atoms in total. The van der Waals surface area contributed by atoms with E-state index in [1.54, 1.807) is 7.11 Å². The van der Waals surface area contributed by atoms with Gasteiger partial charge in [-0.25, -0.2) is 0 Å². The van der Waals surface area contributed by atoms with Crippen molar-refractivity contribution in [2.45, 2.75) is 13.3 Å². The minimum absolute atomic E-state index is 0.762. The molecule has 1 heterocycles. The third-order valence-corrected chi connectivity index (χ3v) is 4.14. The second-order valence-electron chi connectivity index (χ2n) is 4.51. The maximum Gasteiger partial charge on any atom is 0.0587 e. The predicted molar refractivity (Wildman–Crippen MR) is 84.8 cm³/mol. The van der Waals surface area contributed by atoms with E-state index in [0.29, 0.717) is 0 Å². The quantitative estimate of drug-likeness (QED) is 0.773. The summed E-state index contributed by atoms with van der Waals surface area (Å²) in [6, 6.07) is 8.58. The summed E-state index contributed by atoms with van der Waals surface area (Å²) in [5, 5.41) is 7.01. The number of methoxy groups -OCH3 is 1. The summed E-state index contributed by atoms with van der Waals surface area (Å²) in [5.74, 6) is 0. The van der Waals surface area contributed by atoms with Crippen molar-refractivity contribution in [1.82, 2.24) is 5.32 Å². The Hall–Kier alpha value is -1.16. The second-order valence-corrected chi connectivity index (χ2v) is 5.42. The first-order valence-electron chi connectivity index (χ1n) is 6.70. The lowest BCUT2D eigenvalue weighted by atomic mass is 10.1. The molecule has 102 valence electrons. The van der Waals surface area contributed by atoms with Crippen molar-refractivity contribution in [2.75, 3.05) is 26.8 Å². The summed E-state index contributed by atoms with van der Waals surface area (Å²) in [4.78, 5) is 0. The largest absolute Gasteiger partial charge is 0.383 e. The van der Waals surface area contributed by atoms with Crippen LogP contribution in [0.4, 0.5) is 0 Å². The third-order valence-electron chi connectivity index (χ3n) is 3.16. The van der Waals surface area contributed by atoms with E-state index in [9.17, 15) is 0 Å². The topological polar surface area (TPSA) is 21.3 Å². The zero-order valence-corrected chi connectivity index (χ0v) is 12.4. The fraction of sp³-hybridized carbons (Fsp3) is 0.375. The molecule has 1 N–H and O–H groups in total. The van der Waals surface area contributed by atoms with Crippen molar-refractivity contribution in [2.24, 2.45) is 0 Å². The highest BCUT2D eigenvalue weighted by molar-refractivity contribution is 7.17. The van der Waals surface area contributed by atoms with E-state index in [-0.39, 0.29) is 0 Å². The van der Waals surface area contributed by atoms with Gasteiger partial charge in [0.1, 0.15) is 0 Å². The molecule has 0 atom stereocenters. The molecule has 0 amide bonds. The van der Waals surface area contributed by atoms with Crippen LogP contribution in [0.3, 0.4) is 0 Å². The monoisotopic (exact) mass is 275 g/mol. The van der Waals surface area contributed by atoms with Crippen LogP contribution in [0.5, 0.6) is 0 Å². The van der Waals surface area contributed by atoms with Crippen LogP contribution in [0.15, 0.2) is 35.2 Å². The van der Waals surface area contributed by atoms with Crippen LogP contribution in [-0.4, -0.2) is 26.8 Å². The lowest BCUT2D eigenvalue weighted by molar-refractivity contribution is 0.200. The summed E-state index contributed by atoms with van der Waals surface area (Å²) in [6.07, 6.45) is 3.39. The Bertz CT molecular complexity index is 544. The molecule has 0 aliphatic carbocycles. The Balaban J connectivity index is 2.08. The van der Waals surface area contributed by atoms with Gasteiger partial charge in [-0.3, -0.25) is 0 Å². The van der Waals surface area contributed by atoms with E-state index >= 15 is 0 Å². The Morgan fingerprint density at radius 1 is 1.37 bits per heavy atom. The Morgan fingerprint density at radius 3 is 3.00 bits per heavy atom. The van der Waals surface area contributed by atoms with E-state index in [2.05, 4.69) is 48.0 Å². The van der Waals surface area contributed by atoms with Crippen molar-refractivity contribution in [3.8, 4) is 0 Å². The normalized spacial score (nSPS) is 12.2. The number of thiophene rings is 1. The summed E-state index contributed by atoms with van der Waals surface area (Å²) in [6.45, 7) is 4.80. The molecule has 0 saturated carbocycles. The summed E-state index contributed by atoms with van der Waals surface area (Å²) >= 11 is 1.81. The molecular weight excluding hydrogens is 254 g/mol. The Kier molecular flexibility index (Phi) is 5.58. The average molecular weight is 275 g/mol. The van der Waals surface area contributed by atoms with Crippen molar-refractivity contribution in [3.63, 3.8) is 0 Å². The van der Waals surface area contributed by atoms with Gasteiger partial charge in [-0.1, -0.05) is 36.8 Å². The van der Waals surface area contributed by atoms with E-state index in [0.717, 1.165) is 26.1 Å². The van der Waals surface area contributed by atoms with Gasteiger partial charge >= 0.3 is 0 Å². The van der Waals surface area contributed by atoms with Gasteiger partial charge in [0.15, 0.2) is 0 Å². The zero-order valence-electron chi connectivity index (χ0n) is 11.6. The van der Waals surface area contributed by atoms with Crippen LogP contribution in [0.25, 0.3) is 16.2 Å². The van der Waals surface area contributed by atoms with Gasteiger partial charge < -0.3 is 10.1 Å². The molecule has 2 aromatic rings. The number of fused-ring (bicyclic) bond motifs is 1. The number of ether oxygens (including phenoxy) is 1. The van der Waals surface area contributed by atoms with E-state index in [4.69, 9.17) is 4.74 Å². The number of nitrogens with one attached hydrogen (secondary N) is 1. The van der Waals surface area contributed by atoms with Crippen LogP contribution in [0, 0.1) is 0 Å². The first-order chi connectivity index (χ1) is 9.35. The molecule has 0 saturated heterocycles. The number of rotatable bonds is 7. The molecule has 3 heteroatoms.